The van der Waals surface area contributed by atoms with Gasteiger partial charge in [-0.05, 0) is 33.0 Å². The van der Waals surface area contributed by atoms with Crippen molar-refractivity contribution in [1.82, 2.24) is 15.1 Å². The van der Waals surface area contributed by atoms with Crippen LogP contribution in [0.4, 0.5) is 0 Å². The van der Waals surface area contributed by atoms with E-state index in [9.17, 15) is 14.4 Å². The van der Waals surface area contributed by atoms with E-state index in [0.29, 0.717) is 43.6 Å². The van der Waals surface area contributed by atoms with Gasteiger partial charge in [0.25, 0.3) is 5.91 Å². The smallest absolute Gasteiger partial charge is 0.335 e. The lowest BCUT2D eigenvalue weighted by molar-refractivity contribution is -0.152. The molecule has 26 heavy (non-hydrogen) atoms. The van der Waals surface area contributed by atoms with E-state index in [2.05, 4.69) is 24.1 Å². The molecule has 0 aromatic carbocycles. The van der Waals surface area contributed by atoms with Crippen LogP contribution in [0.2, 0.25) is 0 Å². The van der Waals surface area contributed by atoms with E-state index in [1.165, 1.54) is 6.92 Å². The lowest BCUT2D eigenvalue weighted by atomic mass is 9.82. The van der Waals surface area contributed by atoms with Gasteiger partial charge in [0.1, 0.15) is 5.60 Å². The number of nitrogens with zero attached hydrogens (tertiary/aromatic N) is 2. The second-order valence-electron chi connectivity index (χ2n) is 7.03. The quantitative estimate of drug-likeness (QED) is 0.540. The van der Waals surface area contributed by atoms with Crippen molar-refractivity contribution in [3.8, 4) is 0 Å². The predicted octanol–water partition coefficient (Wildman–Crippen LogP) is 1.09. The SMILES string of the molecule is CCN(CC)CCCNC(=O)C1=C(C)C(=O)OC12CCN(C(C)=O)CC2. The summed E-state index contributed by atoms with van der Waals surface area (Å²) in [5, 5.41) is 2.95. The van der Waals surface area contributed by atoms with Crippen molar-refractivity contribution < 1.29 is 19.1 Å². The monoisotopic (exact) mass is 365 g/mol. The molecule has 0 atom stereocenters. The molecule has 0 unspecified atom stereocenters. The van der Waals surface area contributed by atoms with Gasteiger partial charge >= 0.3 is 5.97 Å². The predicted molar refractivity (Wildman–Crippen MR) is 98.4 cm³/mol. The first-order valence-electron chi connectivity index (χ1n) is 9.55. The highest BCUT2D eigenvalue weighted by atomic mass is 16.6. The average Bonchev–Trinajstić information content (AvgIpc) is 2.85. The summed E-state index contributed by atoms with van der Waals surface area (Å²) in [6.07, 6.45) is 1.80. The van der Waals surface area contributed by atoms with Crippen LogP contribution in [-0.4, -0.2) is 72.5 Å². The average molecular weight is 365 g/mol. The molecule has 146 valence electrons. The van der Waals surface area contributed by atoms with E-state index in [1.807, 2.05) is 0 Å². The van der Waals surface area contributed by atoms with E-state index >= 15 is 0 Å². The molecule has 7 nitrogen and oxygen atoms in total. The molecule has 0 aliphatic carbocycles. The highest BCUT2D eigenvalue weighted by molar-refractivity contribution is 6.07. The third-order valence-corrected chi connectivity index (χ3v) is 5.50. The second kappa shape index (κ2) is 8.66. The third-order valence-electron chi connectivity index (χ3n) is 5.50. The zero-order valence-electron chi connectivity index (χ0n) is 16.4. The number of esters is 1. The van der Waals surface area contributed by atoms with Gasteiger partial charge in [-0.3, -0.25) is 9.59 Å². The molecule has 2 amide bonds. The number of amides is 2. The Morgan fingerprint density at radius 1 is 1.23 bits per heavy atom. The van der Waals surface area contributed by atoms with E-state index in [4.69, 9.17) is 4.74 Å². The van der Waals surface area contributed by atoms with Crippen molar-refractivity contribution in [3.63, 3.8) is 0 Å². The van der Waals surface area contributed by atoms with Gasteiger partial charge in [-0.25, -0.2) is 4.79 Å². The maximum absolute atomic E-state index is 12.8. The lowest BCUT2D eigenvalue weighted by Gasteiger charge is -2.39. The van der Waals surface area contributed by atoms with Crippen LogP contribution < -0.4 is 5.32 Å². The van der Waals surface area contributed by atoms with Crippen molar-refractivity contribution in [1.29, 1.82) is 0 Å². The summed E-state index contributed by atoms with van der Waals surface area (Å²) in [6, 6.07) is 0. The van der Waals surface area contributed by atoms with Gasteiger partial charge in [0, 0.05) is 45.0 Å². The van der Waals surface area contributed by atoms with Crippen molar-refractivity contribution in [3.05, 3.63) is 11.1 Å². The van der Waals surface area contributed by atoms with Crippen LogP contribution in [-0.2, 0) is 19.1 Å². The number of carbonyl (C=O) groups is 3. The number of rotatable bonds is 7. The molecule has 2 aliphatic rings. The van der Waals surface area contributed by atoms with Crippen LogP contribution in [0, 0.1) is 0 Å². The van der Waals surface area contributed by atoms with Crippen LogP contribution in [0.1, 0.15) is 47.0 Å². The maximum Gasteiger partial charge on any atom is 0.335 e. The zero-order valence-corrected chi connectivity index (χ0v) is 16.4. The van der Waals surface area contributed by atoms with Gasteiger partial charge in [-0.2, -0.15) is 0 Å². The number of ether oxygens (including phenoxy) is 1. The molecule has 0 aromatic rings. The fourth-order valence-electron chi connectivity index (χ4n) is 3.79. The van der Waals surface area contributed by atoms with Gasteiger partial charge in [0.2, 0.25) is 5.91 Å². The summed E-state index contributed by atoms with van der Waals surface area (Å²) in [7, 11) is 0. The Labute approximate surface area is 155 Å². The molecule has 0 aromatic heterocycles. The van der Waals surface area contributed by atoms with Crippen LogP contribution in [0.15, 0.2) is 11.1 Å². The fraction of sp³-hybridized carbons (Fsp3) is 0.737. The van der Waals surface area contributed by atoms with E-state index in [1.54, 1.807) is 11.8 Å². The van der Waals surface area contributed by atoms with Gasteiger partial charge in [0.15, 0.2) is 0 Å². The second-order valence-corrected chi connectivity index (χ2v) is 7.03. The molecule has 7 heteroatoms. The van der Waals surface area contributed by atoms with Gasteiger partial charge < -0.3 is 19.9 Å². The number of piperidine rings is 1. The number of nitrogens with one attached hydrogen (secondary N) is 1. The lowest BCUT2D eigenvalue weighted by Crippen LogP contribution is -2.50. The van der Waals surface area contributed by atoms with Crippen LogP contribution in [0.3, 0.4) is 0 Å². The number of hydrogen-bond donors (Lipinski definition) is 1. The molecule has 1 N–H and O–H groups in total. The zero-order chi connectivity index (χ0) is 19.3. The largest absolute Gasteiger partial charge is 0.450 e. The standard InChI is InChI=1S/C19H31N3O4/c1-5-21(6-2)11-7-10-20-17(24)16-14(3)18(25)26-19(16)8-12-22(13-9-19)15(4)23/h5-13H2,1-4H3,(H,20,24). The normalized spacial score (nSPS) is 19.3. The summed E-state index contributed by atoms with van der Waals surface area (Å²) >= 11 is 0. The summed E-state index contributed by atoms with van der Waals surface area (Å²) in [5.74, 6) is -0.633. The van der Waals surface area contributed by atoms with Crippen molar-refractivity contribution in [2.24, 2.45) is 0 Å². The van der Waals surface area contributed by atoms with Crippen molar-refractivity contribution in [2.45, 2.75) is 52.6 Å². The number of carbonyl (C=O) groups excluding carboxylic acids is 3. The summed E-state index contributed by atoms with van der Waals surface area (Å²) < 4.78 is 5.62. The van der Waals surface area contributed by atoms with Crippen LogP contribution >= 0.6 is 0 Å². The third kappa shape index (κ3) is 4.26. The molecule has 2 rings (SSSR count). The topological polar surface area (TPSA) is 79.0 Å². The van der Waals surface area contributed by atoms with Gasteiger partial charge in [0.05, 0.1) is 5.57 Å². The molecule has 0 radical (unpaired) electrons. The summed E-state index contributed by atoms with van der Waals surface area (Å²) in [5.41, 5.74) is -0.0353. The van der Waals surface area contributed by atoms with Crippen LogP contribution in [0.5, 0.6) is 0 Å². The Bertz CT molecular complexity index is 588. The minimum absolute atomic E-state index is 0.00674. The highest BCUT2D eigenvalue weighted by Crippen LogP contribution is 2.41. The minimum atomic E-state index is -0.879. The molecular formula is C19H31N3O4. The number of likely N-dealkylation sites (tertiary alicyclic amines) is 1. The first-order valence-corrected chi connectivity index (χ1v) is 9.55. The van der Waals surface area contributed by atoms with Gasteiger partial charge in [-0.1, -0.05) is 13.8 Å². The van der Waals surface area contributed by atoms with E-state index < -0.39 is 11.6 Å². The Kier molecular flexibility index (Phi) is 6.81. The highest BCUT2D eigenvalue weighted by Gasteiger charge is 2.50. The Balaban J connectivity index is 1.99. The molecule has 2 heterocycles. The molecule has 1 fully saturated rings. The van der Waals surface area contributed by atoms with Gasteiger partial charge in [-0.15, -0.1) is 0 Å². The Morgan fingerprint density at radius 3 is 2.38 bits per heavy atom. The van der Waals surface area contributed by atoms with E-state index in [-0.39, 0.29) is 11.8 Å². The molecule has 1 spiro atoms. The molecule has 0 saturated carbocycles. The number of hydrogen-bond acceptors (Lipinski definition) is 5. The Morgan fingerprint density at radius 2 is 1.85 bits per heavy atom. The molecular weight excluding hydrogens is 334 g/mol. The molecule has 2 aliphatic heterocycles. The maximum atomic E-state index is 12.8. The van der Waals surface area contributed by atoms with Crippen molar-refractivity contribution in [2.75, 3.05) is 39.3 Å². The van der Waals surface area contributed by atoms with E-state index in [0.717, 1.165) is 26.1 Å². The molecule has 0 bridgehead atoms. The minimum Gasteiger partial charge on any atom is -0.450 e. The fourth-order valence-corrected chi connectivity index (χ4v) is 3.79. The van der Waals surface area contributed by atoms with Crippen molar-refractivity contribution >= 4 is 17.8 Å². The first kappa shape index (κ1) is 20.4. The molecule has 1 saturated heterocycles. The summed E-state index contributed by atoms with van der Waals surface area (Å²) in [4.78, 5) is 40.5. The van der Waals surface area contributed by atoms with Crippen LogP contribution in [0.25, 0.3) is 0 Å². The Hall–Kier alpha value is -1.89. The summed E-state index contributed by atoms with van der Waals surface area (Å²) in [6.45, 7) is 11.9. The first-order chi connectivity index (χ1) is 12.3.